The number of aryl methyl sites for hydroxylation is 1. The van der Waals surface area contributed by atoms with Crippen LogP contribution in [0.15, 0.2) is 65.5 Å². The van der Waals surface area contributed by atoms with Gasteiger partial charge in [-0.1, -0.05) is 49.4 Å². The number of nitrogens with one attached hydrogen (secondary N) is 1. The summed E-state index contributed by atoms with van der Waals surface area (Å²) in [6.45, 7) is 6.37. The van der Waals surface area contributed by atoms with Gasteiger partial charge in [0.2, 0.25) is 5.91 Å². The number of amides is 1. The van der Waals surface area contributed by atoms with E-state index in [-0.39, 0.29) is 17.4 Å². The Labute approximate surface area is 168 Å². The molecule has 1 N–H and O–H groups in total. The average Bonchev–Trinajstić information content (AvgIpc) is 3.06. The van der Waals surface area contributed by atoms with Gasteiger partial charge in [0, 0.05) is 23.7 Å². The molecule has 148 valence electrons. The highest BCUT2D eigenvalue weighted by molar-refractivity contribution is 5.94. The molecule has 6 nitrogen and oxygen atoms in total. The van der Waals surface area contributed by atoms with Gasteiger partial charge in [0.1, 0.15) is 6.04 Å². The minimum absolute atomic E-state index is 0.0754. The van der Waals surface area contributed by atoms with E-state index in [2.05, 4.69) is 29.4 Å². The first-order valence-electron chi connectivity index (χ1n) is 9.79. The van der Waals surface area contributed by atoms with Crippen molar-refractivity contribution in [3.8, 4) is 0 Å². The van der Waals surface area contributed by atoms with Crippen molar-refractivity contribution in [1.29, 1.82) is 0 Å². The Morgan fingerprint density at radius 1 is 1.07 bits per heavy atom. The standard InChI is InChI=1S/C23H24N4O2/c1-15(18-9-5-4-6-10-18)14-24-23(29)17(3)27-20-12-8-7-11-19(20)22-25-21(28)13-16(2)26(22)27/h4-13,15,17H,14H2,1-3H3,(H,24,29)/t15-,17-/m1/s1. The quantitative estimate of drug-likeness (QED) is 0.569. The Morgan fingerprint density at radius 3 is 2.52 bits per heavy atom. The molecule has 2 atom stereocenters. The summed E-state index contributed by atoms with van der Waals surface area (Å²) in [4.78, 5) is 29.2. The van der Waals surface area contributed by atoms with E-state index in [9.17, 15) is 9.59 Å². The highest BCUT2D eigenvalue weighted by Gasteiger charge is 2.22. The fraction of sp³-hybridized carbons (Fsp3) is 0.261. The predicted molar refractivity (Wildman–Crippen MR) is 114 cm³/mol. The van der Waals surface area contributed by atoms with Crippen molar-refractivity contribution in [2.75, 3.05) is 6.54 Å². The molecular formula is C23H24N4O2. The SMILES string of the molecule is Cc1cc(=O)nc2c3ccccc3n([C@H](C)C(=O)NC[C@@H](C)c3ccccc3)n12. The number of nitrogens with zero attached hydrogens (tertiary/aromatic N) is 3. The highest BCUT2D eigenvalue weighted by Crippen LogP contribution is 2.25. The van der Waals surface area contributed by atoms with Crippen LogP contribution < -0.4 is 10.9 Å². The zero-order valence-corrected chi connectivity index (χ0v) is 16.8. The van der Waals surface area contributed by atoms with Gasteiger partial charge in [0.05, 0.1) is 5.52 Å². The second-order valence-corrected chi connectivity index (χ2v) is 7.47. The molecule has 29 heavy (non-hydrogen) atoms. The third-order valence-corrected chi connectivity index (χ3v) is 5.39. The topological polar surface area (TPSA) is 68.4 Å². The number of hydrogen-bond donors (Lipinski definition) is 1. The Balaban J connectivity index is 1.68. The lowest BCUT2D eigenvalue weighted by Gasteiger charge is -2.20. The molecule has 0 saturated heterocycles. The average molecular weight is 388 g/mol. The smallest absolute Gasteiger partial charge is 0.273 e. The Morgan fingerprint density at radius 2 is 1.76 bits per heavy atom. The minimum atomic E-state index is -0.469. The molecule has 4 aromatic rings. The molecule has 0 fully saturated rings. The number of hydrogen-bond acceptors (Lipinski definition) is 3. The number of para-hydroxylation sites is 1. The van der Waals surface area contributed by atoms with Crippen molar-refractivity contribution >= 4 is 22.5 Å². The third-order valence-electron chi connectivity index (χ3n) is 5.39. The van der Waals surface area contributed by atoms with Crippen molar-refractivity contribution < 1.29 is 4.79 Å². The monoisotopic (exact) mass is 388 g/mol. The second-order valence-electron chi connectivity index (χ2n) is 7.47. The molecule has 0 saturated carbocycles. The van der Waals surface area contributed by atoms with Crippen LogP contribution >= 0.6 is 0 Å². The number of benzene rings is 2. The molecule has 2 aromatic heterocycles. The molecule has 1 amide bonds. The van der Waals surface area contributed by atoms with Crippen LogP contribution in [0.3, 0.4) is 0 Å². The van der Waals surface area contributed by atoms with Crippen molar-refractivity contribution in [2.24, 2.45) is 0 Å². The van der Waals surface area contributed by atoms with Crippen LogP contribution in [-0.2, 0) is 4.79 Å². The highest BCUT2D eigenvalue weighted by atomic mass is 16.2. The predicted octanol–water partition coefficient (Wildman–Crippen LogP) is 3.44. The van der Waals surface area contributed by atoms with E-state index in [1.54, 1.807) is 0 Å². The first kappa shape index (κ1) is 18.9. The maximum absolute atomic E-state index is 13.0. The van der Waals surface area contributed by atoms with Crippen molar-refractivity contribution in [3.63, 3.8) is 0 Å². The van der Waals surface area contributed by atoms with Crippen LogP contribution in [0.5, 0.6) is 0 Å². The third kappa shape index (κ3) is 3.42. The fourth-order valence-corrected chi connectivity index (χ4v) is 3.80. The molecule has 2 heterocycles. The lowest BCUT2D eigenvalue weighted by molar-refractivity contribution is -0.124. The second kappa shape index (κ2) is 7.54. The van der Waals surface area contributed by atoms with Gasteiger partial charge in [-0.25, -0.2) is 4.52 Å². The maximum atomic E-state index is 13.0. The molecule has 0 aliphatic heterocycles. The Bertz CT molecular complexity index is 1240. The summed E-state index contributed by atoms with van der Waals surface area (Å²) in [5, 5.41) is 3.93. The molecule has 0 unspecified atom stereocenters. The van der Waals surface area contributed by atoms with E-state index in [0.717, 1.165) is 16.6 Å². The van der Waals surface area contributed by atoms with Gasteiger partial charge < -0.3 is 5.32 Å². The van der Waals surface area contributed by atoms with Crippen LogP contribution in [0.1, 0.15) is 37.1 Å². The number of fused-ring (bicyclic) bond motifs is 3. The first-order valence-corrected chi connectivity index (χ1v) is 9.79. The summed E-state index contributed by atoms with van der Waals surface area (Å²) < 4.78 is 3.77. The summed E-state index contributed by atoms with van der Waals surface area (Å²) >= 11 is 0. The van der Waals surface area contributed by atoms with Crippen LogP contribution in [0.2, 0.25) is 0 Å². The largest absolute Gasteiger partial charge is 0.354 e. The van der Waals surface area contributed by atoms with Gasteiger partial charge in [-0.15, -0.1) is 0 Å². The van der Waals surface area contributed by atoms with Gasteiger partial charge in [0.25, 0.3) is 5.56 Å². The molecule has 0 bridgehead atoms. The molecule has 0 spiro atoms. The van der Waals surface area contributed by atoms with E-state index in [0.29, 0.717) is 12.2 Å². The summed E-state index contributed by atoms with van der Waals surface area (Å²) in [5.74, 6) is 0.137. The van der Waals surface area contributed by atoms with Crippen LogP contribution in [-0.4, -0.2) is 26.6 Å². The fourth-order valence-electron chi connectivity index (χ4n) is 3.80. The molecule has 0 aliphatic rings. The lowest BCUT2D eigenvalue weighted by atomic mass is 10.0. The number of carbonyl (C=O) groups is 1. The minimum Gasteiger partial charge on any atom is -0.354 e. The van der Waals surface area contributed by atoms with E-state index in [4.69, 9.17) is 0 Å². The number of aromatic nitrogens is 3. The molecular weight excluding hydrogens is 364 g/mol. The molecule has 2 aromatic carbocycles. The van der Waals surface area contributed by atoms with E-state index in [1.807, 2.05) is 65.5 Å². The Kier molecular flexibility index (Phi) is 4.92. The molecule has 0 aliphatic carbocycles. The molecule has 0 radical (unpaired) electrons. The molecule has 6 heteroatoms. The molecule has 4 rings (SSSR count). The van der Waals surface area contributed by atoms with Gasteiger partial charge in [0.15, 0.2) is 5.65 Å². The number of rotatable bonds is 5. The normalized spacial score (nSPS) is 13.5. The van der Waals surface area contributed by atoms with E-state index in [1.165, 1.54) is 11.6 Å². The lowest BCUT2D eigenvalue weighted by Crippen LogP contribution is -2.35. The summed E-state index contributed by atoms with van der Waals surface area (Å²) in [6.07, 6.45) is 0. The first-order chi connectivity index (χ1) is 14.0. The van der Waals surface area contributed by atoms with Crippen LogP contribution in [0, 0.1) is 6.92 Å². The van der Waals surface area contributed by atoms with Crippen molar-refractivity contribution in [1.82, 2.24) is 19.5 Å². The zero-order chi connectivity index (χ0) is 20.5. The van der Waals surface area contributed by atoms with E-state index < -0.39 is 6.04 Å². The van der Waals surface area contributed by atoms with Crippen LogP contribution in [0.4, 0.5) is 0 Å². The van der Waals surface area contributed by atoms with Gasteiger partial charge in [-0.05, 0) is 37.5 Å². The Hall–Kier alpha value is -3.41. The van der Waals surface area contributed by atoms with Gasteiger partial charge >= 0.3 is 0 Å². The van der Waals surface area contributed by atoms with E-state index >= 15 is 0 Å². The van der Waals surface area contributed by atoms with Gasteiger partial charge in [-0.3, -0.25) is 14.3 Å². The van der Waals surface area contributed by atoms with Gasteiger partial charge in [-0.2, -0.15) is 4.98 Å². The summed E-state index contributed by atoms with van der Waals surface area (Å²) in [5.41, 5.74) is 3.10. The maximum Gasteiger partial charge on any atom is 0.273 e. The van der Waals surface area contributed by atoms with Crippen molar-refractivity contribution in [2.45, 2.75) is 32.7 Å². The van der Waals surface area contributed by atoms with Crippen molar-refractivity contribution in [3.05, 3.63) is 82.3 Å². The summed E-state index contributed by atoms with van der Waals surface area (Å²) in [7, 11) is 0. The number of carbonyl (C=O) groups excluding carboxylic acids is 1. The zero-order valence-electron chi connectivity index (χ0n) is 16.8. The summed E-state index contributed by atoms with van der Waals surface area (Å²) in [6, 6.07) is 18.9. The van der Waals surface area contributed by atoms with Crippen LogP contribution in [0.25, 0.3) is 16.6 Å².